The maximum Gasteiger partial charge on any atom is 0.410 e. The molecular weight excluding hydrogens is 292 g/mol. The second kappa shape index (κ2) is 6.60. The molecule has 1 aromatic carbocycles. The topological polar surface area (TPSA) is 58.6 Å². The molecule has 2 amide bonds. The highest BCUT2D eigenvalue weighted by atomic mass is 16.6. The molecule has 0 bridgehead atoms. The van der Waals surface area contributed by atoms with Crippen LogP contribution in [-0.2, 0) is 9.53 Å². The second-order valence-corrected chi connectivity index (χ2v) is 7.35. The third kappa shape index (κ3) is 4.71. The van der Waals surface area contributed by atoms with Crippen molar-refractivity contribution in [3.63, 3.8) is 0 Å². The van der Waals surface area contributed by atoms with Gasteiger partial charge in [0.2, 0.25) is 5.91 Å². The number of nitrogens with one attached hydrogen (secondary N) is 1. The van der Waals surface area contributed by atoms with E-state index in [1.54, 1.807) is 4.90 Å². The maximum absolute atomic E-state index is 12.5. The Labute approximate surface area is 138 Å². The molecule has 126 valence electrons. The Morgan fingerprint density at radius 3 is 2.22 bits per heavy atom. The van der Waals surface area contributed by atoms with E-state index in [4.69, 9.17) is 4.74 Å². The number of hydrogen-bond acceptors (Lipinski definition) is 3. The van der Waals surface area contributed by atoms with Crippen molar-refractivity contribution in [2.24, 2.45) is 5.41 Å². The van der Waals surface area contributed by atoms with Gasteiger partial charge in [-0.05, 0) is 45.7 Å². The zero-order valence-electron chi connectivity index (χ0n) is 14.4. The van der Waals surface area contributed by atoms with Crippen LogP contribution in [0.3, 0.4) is 0 Å². The van der Waals surface area contributed by atoms with Crippen LogP contribution in [0.25, 0.3) is 0 Å². The first kappa shape index (κ1) is 17.3. The van der Waals surface area contributed by atoms with Gasteiger partial charge in [0, 0.05) is 18.8 Å². The number of rotatable bonds is 2. The van der Waals surface area contributed by atoms with Crippen LogP contribution in [0.4, 0.5) is 10.5 Å². The van der Waals surface area contributed by atoms with E-state index in [0.29, 0.717) is 25.9 Å². The first-order chi connectivity index (χ1) is 10.7. The molecule has 1 heterocycles. The summed E-state index contributed by atoms with van der Waals surface area (Å²) in [4.78, 5) is 26.3. The lowest BCUT2D eigenvalue weighted by molar-refractivity contribution is -0.127. The molecule has 5 heteroatoms. The number of hydrogen-bond donors (Lipinski definition) is 1. The number of carbonyl (C=O) groups excluding carboxylic acids is 2. The minimum absolute atomic E-state index is 0.00698. The van der Waals surface area contributed by atoms with Crippen LogP contribution in [0.5, 0.6) is 0 Å². The minimum atomic E-state index is -0.498. The van der Waals surface area contributed by atoms with Gasteiger partial charge in [0.15, 0.2) is 0 Å². The molecule has 0 saturated carbocycles. The number of benzene rings is 1. The summed E-state index contributed by atoms with van der Waals surface area (Å²) in [5.41, 5.74) is -0.162. The van der Waals surface area contributed by atoms with Gasteiger partial charge in [0.1, 0.15) is 5.60 Å². The molecule has 2 rings (SSSR count). The number of nitrogens with zero attached hydrogens (tertiary/aromatic N) is 1. The summed E-state index contributed by atoms with van der Waals surface area (Å²) in [7, 11) is 0. The van der Waals surface area contributed by atoms with Crippen molar-refractivity contribution in [1.29, 1.82) is 0 Å². The van der Waals surface area contributed by atoms with Crippen molar-refractivity contribution >= 4 is 17.7 Å². The normalized spacial score (nSPS) is 17.5. The molecule has 1 fully saturated rings. The highest BCUT2D eigenvalue weighted by molar-refractivity contribution is 5.95. The minimum Gasteiger partial charge on any atom is -0.444 e. The molecule has 1 aliphatic rings. The van der Waals surface area contributed by atoms with Gasteiger partial charge in [-0.1, -0.05) is 25.1 Å². The molecule has 0 atom stereocenters. The standard InChI is InChI=1S/C18H26N2O3/c1-17(2,3)23-16(22)20-12-10-18(4,11-13-20)15(21)19-14-8-6-5-7-9-14/h5-9H,10-13H2,1-4H3,(H,19,21). The van der Waals surface area contributed by atoms with Gasteiger partial charge in [-0.3, -0.25) is 4.79 Å². The lowest BCUT2D eigenvalue weighted by Gasteiger charge is -2.38. The summed E-state index contributed by atoms with van der Waals surface area (Å²) >= 11 is 0. The lowest BCUT2D eigenvalue weighted by atomic mass is 9.79. The zero-order valence-corrected chi connectivity index (χ0v) is 14.4. The highest BCUT2D eigenvalue weighted by Crippen LogP contribution is 2.32. The van der Waals surface area contributed by atoms with Crippen molar-refractivity contribution in [3.05, 3.63) is 30.3 Å². The first-order valence-corrected chi connectivity index (χ1v) is 8.04. The molecular formula is C18H26N2O3. The van der Waals surface area contributed by atoms with E-state index in [9.17, 15) is 9.59 Å². The van der Waals surface area contributed by atoms with Crippen molar-refractivity contribution in [2.45, 2.75) is 46.1 Å². The fraction of sp³-hybridized carbons (Fsp3) is 0.556. The van der Waals surface area contributed by atoms with Crippen molar-refractivity contribution in [1.82, 2.24) is 4.90 Å². The third-order valence-corrected chi connectivity index (χ3v) is 4.10. The van der Waals surface area contributed by atoms with E-state index in [0.717, 1.165) is 5.69 Å². The maximum atomic E-state index is 12.5. The summed E-state index contributed by atoms with van der Waals surface area (Å²) < 4.78 is 5.39. The fourth-order valence-corrected chi connectivity index (χ4v) is 2.54. The van der Waals surface area contributed by atoms with Gasteiger partial charge in [0.05, 0.1) is 5.41 Å². The van der Waals surface area contributed by atoms with E-state index in [1.165, 1.54) is 0 Å². The quantitative estimate of drug-likeness (QED) is 0.905. The average Bonchev–Trinajstić information content (AvgIpc) is 2.47. The summed E-state index contributed by atoms with van der Waals surface area (Å²) in [6.45, 7) is 8.59. The van der Waals surface area contributed by atoms with Gasteiger partial charge in [0.25, 0.3) is 0 Å². The first-order valence-electron chi connectivity index (χ1n) is 8.04. The Morgan fingerprint density at radius 1 is 1.13 bits per heavy atom. The number of piperidine rings is 1. The van der Waals surface area contributed by atoms with Crippen LogP contribution in [0.15, 0.2) is 30.3 Å². The Morgan fingerprint density at radius 2 is 1.70 bits per heavy atom. The number of likely N-dealkylation sites (tertiary alicyclic amines) is 1. The Bertz CT molecular complexity index is 555. The number of anilines is 1. The number of amides is 2. The van der Waals surface area contributed by atoms with Crippen LogP contribution in [0.1, 0.15) is 40.5 Å². The van der Waals surface area contributed by atoms with Crippen LogP contribution in [0.2, 0.25) is 0 Å². The molecule has 0 aliphatic carbocycles. The molecule has 0 spiro atoms. The van der Waals surface area contributed by atoms with Gasteiger partial charge in [-0.15, -0.1) is 0 Å². The Kier molecular flexibility index (Phi) is 4.97. The second-order valence-electron chi connectivity index (χ2n) is 7.35. The van der Waals surface area contributed by atoms with Crippen LogP contribution in [0, 0.1) is 5.41 Å². The smallest absolute Gasteiger partial charge is 0.410 e. The van der Waals surface area contributed by atoms with Gasteiger partial charge < -0.3 is 15.0 Å². The molecule has 1 N–H and O–H groups in total. The van der Waals surface area contributed by atoms with Gasteiger partial charge in [-0.2, -0.15) is 0 Å². The van der Waals surface area contributed by atoms with Crippen molar-refractivity contribution in [3.8, 4) is 0 Å². The Hall–Kier alpha value is -2.04. The van der Waals surface area contributed by atoms with E-state index in [-0.39, 0.29) is 12.0 Å². The summed E-state index contributed by atoms with van der Waals surface area (Å²) in [5.74, 6) is 0.00698. The highest BCUT2D eigenvalue weighted by Gasteiger charge is 2.39. The van der Waals surface area contributed by atoms with Crippen LogP contribution in [-0.4, -0.2) is 35.6 Å². The fourth-order valence-electron chi connectivity index (χ4n) is 2.54. The molecule has 0 radical (unpaired) electrons. The summed E-state index contributed by atoms with van der Waals surface area (Å²) in [6.07, 6.45) is 0.957. The monoisotopic (exact) mass is 318 g/mol. The summed E-state index contributed by atoms with van der Waals surface area (Å²) in [6, 6.07) is 9.44. The van der Waals surface area contributed by atoms with Crippen molar-refractivity contribution in [2.75, 3.05) is 18.4 Å². The lowest BCUT2D eigenvalue weighted by Crippen LogP contribution is -2.48. The molecule has 0 aromatic heterocycles. The summed E-state index contributed by atoms with van der Waals surface area (Å²) in [5, 5.41) is 2.96. The van der Waals surface area contributed by atoms with Crippen molar-refractivity contribution < 1.29 is 14.3 Å². The van der Waals surface area contributed by atoms with E-state index >= 15 is 0 Å². The molecule has 1 saturated heterocycles. The van der Waals surface area contributed by atoms with Crippen LogP contribution >= 0.6 is 0 Å². The SMILES string of the molecule is CC(C)(C)OC(=O)N1CCC(C)(C(=O)Nc2ccccc2)CC1. The molecule has 1 aromatic rings. The largest absolute Gasteiger partial charge is 0.444 e. The number of para-hydroxylation sites is 1. The molecule has 23 heavy (non-hydrogen) atoms. The molecule has 5 nitrogen and oxygen atoms in total. The third-order valence-electron chi connectivity index (χ3n) is 4.10. The van der Waals surface area contributed by atoms with E-state index in [1.807, 2.05) is 58.0 Å². The molecule has 0 unspecified atom stereocenters. The van der Waals surface area contributed by atoms with Gasteiger partial charge >= 0.3 is 6.09 Å². The Balaban J connectivity index is 1.91. The number of carbonyl (C=O) groups is 2. The molecule has 1 aliphatic heterocycles. The van der Waals surface area contributed by atoms with E-state index in [2.05, 4.69) is 5.32 Å². The average molecular weight is 318 g/mol. The van der Waals surface area contributed by atoms with Crippen LogP contribution < -0.4 is 5.32 Å². The predicted molar refractivity (Wildman–Crippen MR) is 90.2 cm³/mol. The van der Waals surface area contributed by atoms with E-state index < -0.39 is 11.0 Å². The predicted octanol–water partition coefficient (Wildman–Crippen LogP) is 3.66. The zero-order chi connectivity index (χ0) is 17.1. The number of ether oxygens (including phenoxy) is 1. The van der Waals surface area contributed by atoms with Gasteiger partial charge in [-0.25, -0.2) is 4.79 Å².